The Hall–Kier alpha value is -3.04. The van der Waals surface area contributed by atoms with Crippen molar-refractivity contribution in [3.05, 3.63) is 58.3 Å². The highest BCUT2D eigenvalue weighted by molar-refractivity contribution is 7.21. The van der Waals surface area contributed by atoms with Gasteiger partial charge in [-0.2, -0.15) is 0 Å². The molecule has 2 aromatic heterocycles. The fourth-order valence-electron chi connectivity index (χ4n) is 3.37. The number of thiophene rings is 1. The molecule has 162 valence electrons. The molecule has 0 amide bonds. The Labute approximate surface area is 182 Å². The van der Waals surface area contributed by atoms with Crippen molar-refractivity contribution in [2.24, 2.45) is 0 Å². The average molecular weight is 444 g/mol. The van der Waals surface area contributed by atoms with E-state index in [1.165, 1.54) is 12.3 Å². The Kier molecular flexibility index (Phi) is 6.43. The third-order valence-electron chi connectivity index (χ3n) is 4.89. The Morgan fingerprint density at radius 3 is 2.68 bits per heavy atom. The number of hydrogen-bond donors (Lipinski definition) is 0. The van der Waals surface area contributed by atoms with Crippen LogP contribution in [0.15, 0.2) is 36.5 Å². The molecule has 0 spiro atoms. The highest BCUT2D eigenvalue weighted by Crippen LogP contribution is 2.34. The van der Waals surface area contributed by atoms with Crippen LogP contribution in [0.1, 0.15) is 32.5 Å². The van der Waals surface area contributed by atoms with Gasteiger partial charge in [0.25, 0.3) is 0 Å². The van der Waals surface area contributed by atoms with E-state index < -0.39 is 17.8 Å². The first kappa shape index (κ1) is 21.2. The summed E-state index contributed by atoms with van der Waals surface area (Å²) < 4.78 is 30.9. The molecule has 1 aromatic carbocycles. The number of hydrogen-bond acceptors (Lipinski definition) is 8. The first-order chi connectivity index (χ1) is 15.1. The number of ether oxygens (including phenoxy) is 3. The van der Waals surface area contributed by atoms with Crippen molar-refractivity contribution >= 4 is 39.2 Å². The minimum absolute atomic E-state index is 0.190. The smallest absolute Gasteiger partial charge is 0.348 e. The summed E-state index contributed by atoms with van der Waals surface area (Å²) in [6, 6.07) is 7.99. The van der Waals surface area contributed by atoms with Crippen LogP contribution in [-0.4, -0.2) is 49.8 Å². The molecular formula is C22H21FN2O5S. The molecule has 0 bridgehead atoms. The van der Waals surface area contributed by atoms with Gasteiger partial charge in [-0.05, 0) is 31.2 Å². The number of benzene rings is 1. The zero-order valence-electron chi connectivity index (χ0n) is 16.9. The van der Waals surface area contributed by atoms with Crippen molar-refractivity contribution in [1.82, 2.24) is 4.98 Å². The van der Waals surface area contributed by atoms with Gasteiger partial charge in [-0.15, -0.1) is 11.3 Å². The molecule has 0 N–H and O–H groups in total. The van der Waals surface area contributed by atoms with Gasteiger partial charge in [0, 0.05) is 34.9 Å². The van der Waals surface area contributed by atoms with Crippen molar-refractivity contribution in [3.8, 4) is 0 Å². The van der Waals surface area contributed by atoms with E-state index in [9.17, 15) is 14.0 Å². The van der Waals surface area contributed by atoms with E-state index in [0.29, 0.717) is 23.5 Å². The van der Waals surface area contributed by atoms with Gasteiger partial charge in [0.05, 0.1) is 25.4 Å². The minimum Gasteiger partial charge on any atom is -0.462 e. The molecule has 7 nitrogen and oxygen atoms in total. The molecule has 0 aliphatic carbocycles. The lowest BCUT2D eigenvalue weighted by atomic mass is 10.1. The maximum absolute atomic E-state index is 14.5. The number of anilines is 1. The maximum Gasteiger partial charge on any atom is 0.348 e. The summed E-state index contributed by atoms with van der Waals surface area (Å²) in [5.41, 5.74) is 0.581. The summed E-state index contributed by atoms with van der Waals surface area (Å²) in [5, 5.41) is 0.268. The lowest BCUT2D eigenvalue weighted by Gasteiger charge is -2.27. The number of fused-ring (bicyclic) bond motifs is 1. The van der Waals surface area contributed by atoms with E-state index >= 15 is 0 Å². The second-order valence-corrected chi connectivity index (χ2v) is 7.88. The fraction of sp³-hybridized carbons (Fsp3) is 0.318. The molecule has 0 radical (unpaired) electrons. The number of rotatable bonds is 6. The van der Waals surface area contributed by atoms with E-state index in [1.54, 1.807) is 31.2 Å². The van der Waals surface area contributed by atoms with Crippen LogP contribution in [0.3, 0.4) is 0 Å². The van der Waals surface area contributed by atoms with E-state index in [2.05, 4.69) is 9.88 Å². The molecule has 0 atom stereocenters. The number of morpholine rings is 1. The third-order valence-corrected chi connectivity index (χ3v) is 6.07. The molecule has 1 aliphatic heterocycles. The number of esters is 2. The SMILES string of the molecule is CCOC(=O)c1sc2cccc(F)c2c1COC(=O)c1ccc(N2CCOCC2)nc1. The Bertz CT molecular complexity index is 1090. The van der Waals surface area contributed by atoms with Gasteiger partial charge in [0.15, 0.2) is 0 Å². The maximum atomic E-state index is 14.5. The molecule has 9 heteroatoms. The predicted octanol–water partition coefficient (Wildman–Crippen LogP) is 3.81. The van der Waals surface area contributed by atoms with Crippen LogP contribution in [-0.2, 0) is 20.8 Å². The van der Waals surface area contributed by atoms with Crippen molar-refractivity contribution in [2.75, 3.05) is 37.8 Å². The molecule has 0 saturated carbocycles. The topological polar surface area (TPSA) is 78.0 Å². The van der Waals surface area contributed by atoms with E-state index in [-0.39, 0.29) is 29.0 Å². The highest BCUT2D eigenvalue weighted by atomic mass is 32.1. The lowest BCUT2D eigenvalue weighted by Crippen LogP contribution is -2.36. The second-order valence-electron chi connectivity index (χ2n) is 6.82. The van der Waals surface area contributed by atoms with Crippen molar-refractivity contribution < 1.29 is 28.2 Å². The second kappa shape index (κ2) is 9.40. The largest absolute Gasteiger partial charge is 0.462 e. The molecule has 3 aromatic rings. The minimum atomic E-state index is -0.605. The van der Waals surface area contributed by atoms with Gasteiger partial charge >= 0.3 is 11.9 Å². The molecular weight excluding hydrogens is 423 g/mol. The van der Waals surface area contributed by atoms with E-state index in [4.69, 9.17) is 14.2 Å². The van der Waals surface area contributed by atoms with Crippen molar-refractivity contribution in [1.29, 1.82) is 0 Å². The summed E-state index contributed by atoms with van der Waals surface area (Å²) in [7, 11) is 0. The number of halogens is 1. The van der Waals surface area contributed by atoms with Crippen molar-refractivity contribution in [2.45, 2.75) is 13.5 Å². The summed E-state index contributed by atoms with van der Waals surface area (Å²) in [6.45, 7) is 4.39. The molecule has 1 fully saturated rings. The quantitative estimate of drug-likeness (QED) is 0.535. The zero-order valence-corrected chi connectivity index (χ0v) is 17.7. The summed E-state index contributed by atoms with van der Waals surface area (Å²) in [4.78, 5) is 31.5. The van der Waals surface area contributed by atoms with Gasteiger partial charge in [-0.3, -0.25) is 0 Å². The standard InChI is InChI=1S/C22H21FN2O5S/c1-2-29-22(27)20-15(19-16(23)4-3-5-17(19)31-20)13-30-21(26)14-6-7-18(24-12-14)25-8-10-28-11-9-25/h3-7,12H,2,8-11,13H2,1H3. The summed E-state index contributed by atoms with van der Waals surface area (Å²) >= 11 is 1.12. The Morgan fingerprint density at radius 2 is 1.97 bits per heavy atom. The van der Waals surface area contributed by atoms with Crippen LogP contribution >= 0.6 is 11.3 Å². The van der Waals surface area contributed by atoms with Crippen LogP contribution in [0, 0.1) is 5.82 Å². The Morgan fingerprint density at radius 1 is 1.16 bits per heavy atom. The average Bonchev–Trinajstić information content (AvgIpc) is 3.18. The van der Waals surface area contributed by atoms with Crippen LogP contribution < -0.4 is 4.90 Å². The van der Waals surface area contributed by atoms with Crippen LogP contribution in [0.2, 0.25) is 0 Å². The third kappa shape index (κ3) is 4.52. The number of carbonyl (C=O) groups excluding carboxylic acids is 2. The monoisotopic (exact) mass is 444 g/mol. The highest BCUT2D eigenvalue weighted by Gasteiger charge is 2.23. The van der Waals surface area contributed by atoms with Crippen molar-refractivity contribution in [3.63, 3.8) is 0 Å². The molecule has 0 unspecified atom stereocenters. The first-order valence-corrected chi connectivity index (χ1v) is 10.7. The number of nitrogens with zero attached hydrogens (tertiary/aromatic N) is 2. The molecule has 31 heavy (non-hydrogen) atoms. The first-order valence-electron chi connectivity index (χ1n) is 9.91. The van der Waals surface area contributed by atoms with E-state index in [0.717, 1.165) is 30.2 Å². The molecule has 4 rings (SSSR count). The van der Waals surface area contributed by atoms with Gasteiger partial charge in [0.2, 0.25) is 0 Å². The number of pyridine rings is 1. The molecule has 1 saturated heterocycles. The summed E-state index contributed by atoms with van der Waals surface area (Å²) in [6.07, 6.45) is 1.45. The zero-order chi connectivity index (χ0) is 21.8. The van der Waals surface area contributed by atoms with Gasteiger partial charge in [0.1, 0.15) is 23.1 Å². The number of carbonyl (C=O) groups is 2. The van der Waals surface area contributed by atoms with Crippen LogP contribution in [0.5, 0.6) is 0 Å². The lowest BCUT2D eigenvalue weighted by molar-refractivity contribution is 0.0454. The predicted molar refractivity (Wildman–Crippen MR) is 114 cm³/mol. The van der Waals surface area contributed by atoms with Gasteiger partial charge < -0.3 is 19.1 Å². The Balaban J connectivity index is 1.52. The van der Waals surface area contributed by atoms with Gasteiger partial charge in [-0.25, -0.2) is 19.0 Å². The molecule has 3 heterocycles. The van der Waals surface area contributed by atoms with Gasteiger partial charge in [-0.1, -0.05) is 6.07 Å². The summed E-state index contributed by atoms with van der Waals surface area (Å²) in [5.74, 6) is -0.889. The fourth-order valence-corrected chi connectivity index (χ4v) is 4.49. The van der Waals surface area contributed by atoms with Crippen LogP contribution in [0.4, 0.5) is 10.2 Å². The number of aromatic nitrogens is 1. The van der Waals surface area contributed by atoms with Crippen LogP contribution in [0.25, 0.3) is 10.1 Å². The normalized spacial score (nSPS) is 13.9. The van der Waals surface area contributed by atoms with E-state index in [1.807, 2.05) is 0 Å². The molecule has 1 aliphatic rings.